The molecule has 0 radical (unpaired) electrons. The van der Waals surface area contributed by atoms with Gasteiger partial charge in [0.05, 0.1) is 15.6 Å². The second-order valence-electron chi connectivity index (χ2n) is 7.99. The molecule has 1 atom stereocenters. The highest BCUT2D eigenvalue weighted by Gasteiger charge is 2.25. The van der Waals surface area contributed by atoms with Crippen molar-refractivity contribution in [1.82, 2.24) is 10.2 Å². The molecule has 2 aromatic rings. The first-order valence-corrected chi connectivity index (χ1v) is 11.4. The molecule has 0 unspecified atom stereocenters. The van der Waals surface area contributed by atoms with Gasteiger partial charge in [-0.25, -0.2) is 4.79 Å². The molecule has 176 valence electrons. The van der Waals surface area contributed by atoms with Gasteiger partial charge in [0.2, 0.25) is 5.91 Å². The van der Waals surface area contributed by atoms with Crippen molar-refractivity contribution in [3.05, 3.63) is 69.2 Å². The molecule has 3 rings (SSSR count). The summed E-state index contributed by atoms with van der Waals surface area (Å²) < 4.78 is 4.92. The number of benzene rings is 2. The number of nitrogens with one attached hydrogen (secondary N) is 1. The quantitative estimate of drug-likeness (QED) is 0.584. The molecule has 0 spiro atoms. The van der Waals surface area contributed by atoms with E-state index in [0.29, 0.717) is 19.0 Å². The van der Waals surface area contributed by atoms with Gasteiger partial charge in [0, 0.05) is 26.6 Å². The van der Waals surface area contributed by atoms with Crippen LogP contribution in [0.1, 0.15) is 40.2 Å². The second-order valence-corrected chi connectivity index (χ2v) is 8.81. The van der Waals surface area contributed by atoms with Gasteiger partial charge in [-0.15, -0.1) is 0 Å². The number of methoxy groups -OCH3 is 1. The maximum absolute atomic E-state index is 12.6. The van der Waals surface area contributed by atoms with Crippen LogP contribution in [0.15, 0.2) is 42.5 Å². The first kappa shape index (κ1) is 25.0. The summed E-state index contributed by atoms with van der Waals surface area (Å²) in [6.45, 7) is 1.47. The van der Waals surface area contributed by atoms with Gasteiger partial charge in [-0.2, -0.15) is 0 Å². The van der Waals surface area contributed by atoms with Gasteiger partial charge in [0.15, 0.2) is 0 Å². The molecule has 1 fully saturated rings. The van der Waals surface area contributed by atoms with Crippen LogP contribution in [0.4, 0.5) is 0 Å². The minimum atomic E-state index is -1.15. The van der Waals surface area contributed by atoms with E-state index in [4.69, 9.17) is 27.9 Å². The molecule has 33 heavy (non-hydrogen) atoms. The number of carboxylic acids is 1. The zero-order chi connectivity index (χ0) is 24.0. The highest BCUT2D eigenvalue weighted by Crippen LogP contribution is 2.28. The monoisotopic (exact) mass is 492 g/mol. The molecule has 1 saturated heterocycles. The standard InChI is InChI=1S/C24H26Cl2N2O5/c1-33-14-21(29)28-11-9-17(10-12-28)16-7-5-15(6-8-16)13-20(24(31)32)27-23(30)22-18(25)3-2-4-19(22)26/h2-8,17,20H,9-14H2,1H3,(H,27,30)(H,31,32)/t20-/m0/s1. The van der Waals surface area contributed by atoms with Crippen molar-refractivity contribution in [1.29, 1.82) is 0 Å². The van der Waals surface area contributed by atoms with E-state index in [1.807, 2.05) is 29.2 Å². The van der Waals surface area contributed by atoms with Crippen molar-refractivity contribution in [2.45, 2.75) is 31.2 Å². The first-order chi connectivity index (χ1) is 15.8. The number of aliphatic carboxylic acids is 1. The van der Waals surface area contributed by atoms with Gasteiger partial charge in [-0.3, -0.25) is 9.59 Å². The van der Waals surface area contributed by atoms with Crippen LogP contribution in [0.25, 0.3) is 0 Å². The Kier molecular flexibility index (Phi) is 8.72. The summed E-state index contributed by atoms with van der Waals surface area (Å²) in [6.07, 6.45) is 1.84. The third-order valence-corrected chi connectivity index (χ3v) is 6.43. The van der Waals surface area contributed by atoms with Crippen LogP contribution in [0.3, 0.4) is 0 Å². The Morgan fingerprint density at radius 2 is 1.70 bits per heavy atom. The average Bonchev–Trinajstić information content (AvgIpc) is 2.79. The van der Waals surface area contributed by atoms with Gasteiger partial charge < -0.3 is 20.1 Å². The van der Waals surface area contributed by atoms with E-state index in [2.05, 4.69) is 5.32 Å². The summed E-state index contributed by atoms with van der Waals surface area (Å²) in [6, 6.07) is 11.2. The van der Waals surface area contributed by atoms with E-state index in [1.165, 1.54) is 19.2 Å². The van der Waals surface area contributed by atoms with Gasteiger partial charge in [0.25, 0.3) is 5.91 Å². The molecule has 2 N–H and O–H groups in total. The summed E-state index contributed by atoms with van der Waals surface area (Å²) >= 11 is 12.1. The summed E-state index contributed by atoms with van der Waals surface area (Å²) in [7, 11) is 1.51. The lowest BCUT2D eigenvalue weighted by Gasteiger charge is -2.32. The molecule has 1 aliphatic rings. The number of rotatable bonds is 8. The molecule has 1 heterocycles. The third-order valence-electron chi connectivity index (χ3n) is 5.80. The lowest BCUT2D eigenvalue weighted by molar-refractivity contribution is -0.139. The Hall–Kier alpha value is -2.61. The SMILES string of the molecule is COCC(=O)N1CCC(c2ccc(C[C@H](NC(=O)c3c(Cl)cccc3Cl)C(=O)O)cc2)CC1. The molecule has 0 bridgehead atoms. The van der Waals surface area contributed by atoms with E-state index in [9.17, 15) is 19.5 Å². The fourth-order valence-corrected chi connectivity index (χ4v) is 4.55. The molecule has 0 aromatic heterocycles. The van der Waals surface area contributed by atoms with Crippen LogP contribution in [0, 0.1) is 0 Å². The first-order valence-electron chi connectivity index (χ1n) is 10.6. The van der Waals surface area contributed by atoms with Crippen LogP contribution in [-0.2, 0) is 20.7 Å². The number of carbonyl (C=O) groups excluding carboxylic acids is 2. The minimum absolute atomic E-state index is 0.00568. The zero-order valence-electron chi connectivity index (χ0n) is 18.2. The Labute approximate surface area is 202 Å². The lowest BCUT2D eigenvalue weighted by Crippen LogP contribution is -2.42. The van der Waals surface area contributed by atoms with Gasteiger partial charge in [-0.1, -0.05) is 53.5 Å². The minimum Gasteiger partial charge on any atom is -0.480 e. The second kappa shape index (κ2) is 11.5. The van der Waals surface area contributed by atoms with Crippen molar-refractivity contribution < 1.29 is 24.2 Å². The van der Waals surface area contributed by atoms with E-state index < -0.39 is 17.9 Å². The lowest BCUT2D eigenvalue weighted by atomic mass is 9.88. The molecule has 2 aromatic carbocycles. The van der Waals surface area contributed by atoms with Gasteiger partial charge in [-0.05, 0) is 42.0 Å². The summed E-state index contributed by atoms with van der Waals surface area (Å²) in [5.41, 5.74) is 1.98. The Bertz CT molecular complexity index is 984. The molecular formula is C24H26Cl2N2O5. The smallest absolute Gasteiger partial charge is 0.326 e. The largest absolute Gasteiger partial charge is 0.480 e. The number of hydrogen-bond acceptors (Lipinski definition) is 4. The summed E-state index contributed by atoms with van der Waals surface area (Å²) in [4.78, 5) is 38.1. The maximum Gasteiger partial charge on any atom is 0.326 e. The van der Waals surface area contributed by atoms with Crippen LogP contribution >= 0.6 is 23.2 Å². The van der Waals surface area contributed by atoms with Gasteiger partial charge in [0.1, 0.15) is 12.6 Å². The predicted molar refractivity (Wildman–Crippen MR) is 126 cm³/mol. The normalized spacial score (nSPS) is 15.2. The fraction of sp³-hybridized carbons (Fsp3) is 0.375. The Balaban J connectivity index is 1.61. The van der Waals surface area contributed by atoms with E-state index in [-0.39, 0.29) is 34.5 Å². The number of piperidine rings is 1. The summed E-state index contributed by atoms with van der Waals surface area (Å²) in [5.74, 6) is -1.44. The fourth-order valence-electron chi connectivity index (χ4n) is 3.98. The van der Waals surface area contributed by atoms with Crippen molar-refractivity contribution in [2.24, 2.45) is 0 Å². The highest BCUT2D eigenvalue weighted by molar-refractivity contribution is 6.39. The Morgan fingerprint density at radius 3 is 2.24 bits per heavy atom. The molecule has 2 amide bonds. The number of carbonyl (C=O) groups is 3. The average molecular weight is 493 g/mol. The third kappa shape index (κ3) is 6.47. The number of ether oxygens (including phenoxy) is 1. The van der Waals surface area contributed by atoms with E-state index >= 15 is 0 Å². The molecule has 0 aliphatic carbocycles. The predicted octanol–water partition coefficient (Wildman–Crippen LogP) is 3.77. The van der Waals surface area contributed by atoms with Gasteiger partial charge >= 0.3 is 5.97 Å². The van der Waals surface area contributed by atoms with E-state index in [1.54, 1.807) is 6.07 Å². The van der Waals surface area contributed by atoms with Crippen LogP contribution in [-0.4, -0.2) is 60.6 Å². The van der Waals surface area contributed by atoms with Crippen molar-refractivity contribution >= 4 is 41.0 Å². The Morgan fingerprint density at radius 1 is 1.09 bits per heavy atom. The highest BCUT2D eigenvalue weighted by atomic mass is 35.5. The molecular weight excluding hydrogens is 467 g/mol. The van der Waals surface area contributed by atoms with Crippen molar-refractivity contribution in [3.8, 4) is 0 Å². The number of carboxylic acid groups (broad SMARTS) is 1. The van der Waals surface area contributed by atoms with Crippen LogP contribution < -0.4 is 5.32 Å². The zero-order valence-corrected chi connectivity index (χ0v) is 19.7. The topological polar surface area (TPSA) is 95.9 Å². The summed E-state index contributed by atoms with van der Waals surface area (Å²) in [5, 5.41) is 12.4. The molecule has 7 nitrogen and oxygen atoms in total. The number of hydrogen-bond donors (Lipinski definition) is 2. The van der Waals surface area contributed by atoms with Crippen molar-refractivity contribution in [2.75, 3.05) is 26.8 Å². The van der Waals surface area contributed by atoms with Crippen LogP contribution in [0.2, 0.25) is 10.0 Å². The number of halogens is 2. The molecule has 1 aliphatic heterocycles. The number of amides is 2. The van der Waals surface area contributed by atoms with E-state index in [0.717, 1.165) is 24.0 Å². The van der Waals surface area contributed by atoms with Crippen molar-refractivity contribution in [3.63, 3.8) is 0 Å². The number of nitrogens with zero attached hydrogens (tertiary/aromatic N) is 1. The maximum atomic E-state index is 12.6. The molecule has 9 heteroatoms. The van der Waals surface area contributed by atoms with Crippen LogP contribution in [0.5, 0.6) is 0 Å². The number of likely N-dealkylation sites (tertiary alicyclic amines) is 1. The molecule has 0 saturated carbocycles.